The van der Waals surface area contributed by atoms with Crippen LogP contribution in [0, 0.1) is 0 Å². The van der Waals surface area contributed by atoms with E-state index in [1.165, 1.54) is 24.0 Å². The summed E-state index contributed by atoms with van der Waals surface area (Å²) in [6.45, 7) is 3.73. The first-order valence-corrected chi connectivity index (χ1v) is 5.10. The van der Waals surface area contributed by atoms with Crippen molar-refractivity contribution in [3.05, 3.63) is 48.0 Å². The van der Waals surface area contributed by atoms with Crippen LogP contribution < -0.4 is 0 Å². The maximum atomic E-state index is 3.73. The minimum atomic E-state index is 0.883. The molecule has 0 spiro atoms. The highest BCUT2D eigenvalue weighted by Gasteiger charge is 2.22. The molecule has 0 aliphatic heterocycles. The van der Waals surface area contributed by atoms with Crippen molar-refractivity contribution in [3.63, 3.8) is 0 Å². The fourth-order valence-corrected chi connectivity index (χ4v) is 1.64. The predicted molar refractivity (Wildman–Crippen MR) is 56.9 cm³/mol. The van der Waals surface area contributed by atoms with E-state index in [9.17, 15) is 0 Å². The smallest absolute Gasteiger partial charge is 0.0162 e. The van der Waals surface area contributed by atoms with Crippen LogP contribution in [0.2, 0.25) is 0 Å². The van der Waals surface area contributed by atoms with Crippen molar-refractivity contribution in [1.29, 1.82) is 0 Å². The van der Waals surface area contributed by atoms with E-state index in [4.69, 9.17) is 0 Å². The van der Waals surface area contributed by atoms with Gasteiger partial charge in [-0.3, -0.25) is 0 Å². The average Bonchev–Trinajstić information content (AvgIpc) is 2.99. The summed E-state index contributed by atoms with van der Waals surface area (Å²) < 4.78 is 0. The van der Waals surface area contributed by atoms with Gasteiger partial charge in [0.15, 0.2) is 0 Å². The summed E-state index contributed by atoms with van der Waals surface area (Å²) in [7, 11) is 0. The van der Waals surface area contributed by atoms with Crippen molar-refractivity contribution in [3.8, 4) is 0 Å². The quantitative estimate of drug-likeness (QED) is 0.608. The topological polar surface area (TPSA) is 0 Å². The lowest BCUT2D eigenvalue weighted by Crippen LogP contribution is -1.84. The summed E-state index contributed by atoms with van der Waals surface area (Å²) in [6.07, 6.45) is 6.99. The normalized spacial score (nSPS) is 15.7. The summed E-state index contributed by atoms with van der Waals surface area (Å²) in [6, 6.07) is 9.10. The van der Waals surface area contributed by atoms with E-state index in [1.54, 1.807) is 0 Å². The van der Waals surface area contributed by atoms with Gasteiger partial charge in [-0.2, -0.15) is 0 Å². The number of allylic oxidation sites excluding steroid dienone is 1. The van der Waals surface area contributed by atoms with E-state index < -0.39 is 0 Å². The molecule has 1 fully saturated rings. The molecule has 1 aliphatic carbocycles. The molecule has 0 amide bonds. The van der Waals surface area contributed by atoms with Gasteiger partial charge in [-0.05, 0) is 42.7 Å². The second kappa shape index (κ2) is 3.78. The average molecular weight is 172 g/mol. The van der Waals surface area contributed by atoms with Gasteiger partial charge in [0, 0.05) is 0 Å². The highest BCUT2D eigenvalue weighted by Crippen LogP contribution is 2.39. The molecule has 2 rings (SSSR count). The standard InChI is InChI=1S/C13H16/c1-2-3-4-11-5-7-12(8-6-11)13-9-10-13/h2,5-8,13H,1,3-4,9-10H2. The number of hydrogen-bond acceptors (Lipinski definition) is 0. The van der Waals surface area contributed by atoms with Gasteiger partial charge in [0.2, 0.25) is 0 Å². The van der Waals surface area contributed by atoms with Crippen LogP contribution in [0.5, 0.6) is 0 Å². The Bertz CT molecular complexity index is 277. The van der Waals surface area contributed by atoms with Crippen LogP contribution in [0.25, 0.3) is 0 Å². The van der Waals surface area contributed by atoms with Crippen molar-refractivity contribution < 1.29 is 0 Å². The zero-order valence-corrected chi connectivity index (χ0v) is 8.00. The van der Waals surface area contributed by atoms with Gasteiger partial charge in [-0.25, -0.2) is 0 Å². The molecule has 1 saturated carbocycles. The minimum Gasteiger partial charge on any atom is -0.103 e. The van der Waals surface area contributed by atoms with Crippen LogP contribution in [-0.4, -0.2) is 0 Å². The van der Waals surface area contributed by atoms with Crippen molar-refractivity contribution in [2.75, 3.05) is 0 Å². The Kier molecular flexibility index (Phi) is 2.49. The van der Waals surface area contributed by atoms with Gasteiger partial charge in [0.1, 0.15) is 0 Å². The minimum absolute atomic E-state index is 0.883. The van der Waals surface area contributed by atoms with Gasteiger partial charge in [0.05, 0.1) is 0 Å². The molecular weight excluding hydrogens is 156 g/mol. The van der Waals surface area contributed by atoms with Crippen LogP contribution in [-0.2, 0) is 6.42 Å². The van der Waals surface area contributed by atoms with E-state index in [2.05, 4.69) is 30.8 Å². The maximum Gasteiger partial charge on any atom is -0.0162 e. The van der Waals surface area contributed by atoms with Crippen molar-refractivity contribution >= 4 is 0 Å². The van der Waals surface area contributed by atoms with Gasteiger partial charge < -0.3 is 0 Å². The summed E-state index contributed by atoms with van der Waals surface area (Å²) in [5, 5.41) is 0. The van der Waals surface area contributed by atoms with Crippen LogP contribution in [0.15, 0.2) is 36.9 Å². The molecule has 68 valence electrons. The number of rotatable bonds is 4. The van der Waals surface area contributed by atoms with Crippen molar-refractivity contribution in [2.45, 2.75) is 31.6 Å². The molecule has 0 unspecified atom stereocenters. The molecule has 0 N–H and O–H groups in total. The van der Waals surface area contributed by atoms with Crippen LogP contribution in [0.3, 0.4) is 0 Å². The molecule has 1 aromatic carbocycles. The molecule has 1 aromatic rings. The number of aryl methyl sites for hydroxylation is 1. The van der Waals surface area contributed by atoms with Crippen molar-refractivity contribution in [2.24, 2.45) is 0 Å². The first kappa shape index (κ1) is 8.55. The molecule has 0 radical (unpaired) electrons. The maximum absolute atomic E-state index is 3.73. The SMILES string of the molecule is C=CCCc1ccc(C2CC2)cc1. The monoisotopic (exact) mass is 172 g/mol. The predicted octanol–water partition coefficient (Wildman–Crippen LogP) is 3.68. The molecule has 0 nitrogen and oxygen atoms in total. The van der Waals surface area contributed by atoms with Crippen LogP contribution >= 0.6 is 0 Å². The highest BCUT2D eigenvalue weighted by atomic mass is 14.3. The van der Waals surface area contributed by atoms with Crippen LogP contribution in [0.4, 0.5) is 0 Å². The fraction of sp³-hybridized carbons (Fsp3) is 0.385. The Labute approximate surface area is 80.3 Å². The Hall–Kier alpha value is -1.04. The molecule has 0 aromatic heterocycles. The largest absolute Gasteiger partial charge is 0.103 e. The molecule has 1 aliphatic rings. The van der Waals surface area contributed by atoms with Crippen molar-refractivity contribution in [1.82, 2.24) is 0 Å². The van der Waals surface area contributed by atoms with E-state index >= 15 is 0 Å². The zero-order valence-electron chi connectivity index (χ0n) is 8.00. The molecule has 0 heteroatoms. The van der Waals surface area contributed by atoms with E-state index in [-0.39, 0.29) is 0 Å². The van der Waals surface area contributed by atoms with Gasteiger partial charge in [-0.1, -0.05) is 30.3 Å². The molecular formula is C13H16. The molecule has 13 heavy (non-hydrogen) atoms. The van der Waals surface area contributed by atoms with Gasteiger partial charge in [0.25, 0.3) is 0 Å². The van der Waals surface area contributed by atoms with Gasteiger partial charge in [-0.15, -0.1) is 6.58 Å². The third kappa shape index (κ3) is 2.21. The van der Waals surface area contributed by atoms with Crippen LogP contribution in [0.1, 0.15) is 36.3 Å². The lowest BCUT2D eigenvalue weighted by molar-refractivity contribution is 0.998. The molecule has 0 atom stereocenters. The first-order valence-electron chi connectivity index (χ1n) is 5.10. The first-order chi connectivity index (χ1) is 6.40. The van der Waals surface area contributed by atoms with E-state index in [1.807, 2.05) is 6.08 Å². The zero-order chi connectivity index (χ0) is 9.10. The van der Waals surface area contributed by atoms with E-state index in [0.29, 0.717) is 0 Å². The Morgan fingerprint density at radius 2 is 1.92 bits per heavy atom. The Morgan fingerprint density at radius 1 is 1.23 bits per heavy atom. The summed E-state index contributed by atoms with van der Waals surface area (Å²) in [5.74, 6) is 0.883. The third-order valence-electron chi connectivity index (χ3n) is 2.67. The lowest BCUT2D eigenvalue weighted by Gasteiger charge is -2.00. The lowest BCUT2D eigenvalue weighted by atomic mass is 10.1. The Balaban J connectivity index is 2.00. The van der Waals surface area contributed by atoms with E-state index in [0.717, 1.165) is 18.8 Å². The summed E-state index contributed by atoms with van der Waals surface area (Å²) in [5.41, 5.74) is 2.96. The molecule has 0 heterocycles. The highest BCUT2D eigenvalue weighted by molar-refractivity contribution is 5.28. The fourth-order valence-electron chi connectivity index (χ4n) is 1.64. The number of benzene rings is 1. The Morgan fingerprint density at radius 3 is 2.46 bits per heavy atom. The molecule has 0 saturated heterocycles. The second-order valence-corrected chi connectivity index (χ2v) is 3.84. The second-order valence-electron chi connectivity index (χ2n) is 3.84. The third-order valence-corrected chi connectivity index (χ3v) is 2.67. The summed E-state index contributed by atoms with van der Waals surface area (Å²) >= 11 is 0. The summed E-state index contributed by atoms with van der Waals surface area (Å²) in [4.78, 5) is 0. The number of hydrogen-bond donors (Lipinski definition) is 0. The van der Waals surface area contributed by atoms with Gasteiger partial charge >= 0.3 is 0 Å². The molecule has 0 bridgehead atoms.